The minimum atomic E-state index is -0.518. The highest BCUT2D eigenvalue weighted by Gasteiger charge is 2.11. The van der Waals surface area contributed by atoms with Crippen LogP contribution in [0, 0.1) is 12.7 Å². The van der Waals surface area contributed by atoms with E-state index in [9.17, 15) is 9.18 Å². The molecule has 0 fully saturated rings. The Morgan fingerprint density at radius 3 is 2.73 bits per heavy atom. The third-order valence-electron chi connectivity index (χ3n) is 2.15. The summed E-state index contributed by atoms with van der Waals surface area (Å²) in [5.41, 5.74) is 1.07. The summed E-state index contributed by atoms with van der Waals surface area (Å²) in [5, 5.41) is 2.63. The molecule has 3 nitrogen and oxygen atoms in total. The smallest absolute Gasteiger partial charge is 0.253 e. The molecule has 0 heterocycles. The number of aryl methyl sites for hydroxylation is 1. The zero-order chi connectivity index (χ0) is 11.4. The van der Waals surface area contributed by atoms with Crippen LogP contribution in [0.15, 0.2) is 18.2 Å². The third kappa shape index (κ3) is 3.02. The van der Waals surface area contributed by atoms with E-state index in [1.165, 1.54) is 19.2 Å². The van der Waals surface area contributed by atoms with Crippen molar-refractivity contribution in [2.45, 2.75) is 20.0 Å². The molecule has 0 spiro atoms. The maximum absolute atomic E-state index is 12.9. The number of carbonyl (C=O) groups is 1. The number of hydrogen-bond donors (Lipinski definition) is 1. The molecule has 1 aromatic rings. The van der Waals surface area contributed by atoms with Crippen molar-refractivity contribution in [2.75, 3.05) is 12.4 Å². The molecule has 0 aromatic heterocycles. The molecule has 1 rings (SSSR count). The van der Waals surface area contributed by atoms with E-state index in [1.807, 2.05) is 0 Å². The van der Waals surface area contributed by atoms with Crippen molar-refractivity contribution in [1.82, 2.24) is 0 Å². The molecule has 1 aromatic carbocycles. The van der Waals surface area contributed by atoms with Crippen LogP contribution in [-0.4, -0.2) is 19.1 Å². The van der Waals surface area contributed by atoms with Crippen LogP contribution in [-0.2, 0) is 9.53 Å². The van der Waals surface area contributed by atoms with E-state index in [0.29, 0.717) is 11.3 Å². The SMILES string of the molecule is COC(C)C(=O)Nc1ccc(F)c(C)c1. The maximum Gasteiger partial charge on any atom is 0.253 e. The van der Waals surface area contributed by atoms with Crippen LogP contribution in [0.5, 0.6) is 0 Å². The number of methoxy groups -OCH3 is 1. The Hall–Kier alpha value is -1.42. The number of carbonyl (C=O) groups excluding carboxylic acids is 1. The molecule has 1 N–H and O–H groups in total. The van der Waals surface area contributed by atoms with Gasteiger partial charge in [-0.3, -0.25) is 4.79 Å². The Kier molecular flexibility index (Phi) is 3.80. The summed E-state index contributed by atoms with van der Waals surface area (Å²) in [6.45, 7) is 3.29. The van der Waals surface area contributed by atoms with Crippen LogP contribution >= 0.6 is 0 Å². The second-order valence-corrected chi connectivity index (χ2v) is 3.33. The predicted octanol–water partition coefficient (Wildman–Crippen LogP) is 2.11. The van der Waals surface area contributed by atoms with E-state index in [0.717, 1.165) is 0 Å². The van der Waals surface area contributed by atoms with Gasteiger partial charge in [0.25, 0.3) is 5.91 Å². The zero-order valence-corrected chi connectivity index (χ0v) is 9.00. The fourth-order valence-electron chi connectivity index (χ4n) is 1.07. The number of ether oxygens (including phenoxy) is 1. The number of benzene rings is 1. The predicted molar refractivity (Wildman–Crippen MR) is 56.2 cm³/mol. The monoisotopic (exact) mass is 211 g/mol. The molecule has 15 heavy (non-hydrogen) atoms. The fraction of sp³-hybridized carbons (Fsp3) is 0.364. The second-order valence-electron chi connectivity index (χ2n) is 3.33. The van der Waals surface area contributed by atoms with Crippen LogP contribution in [0.3, 0.4) is 0 Å². The molecule has 0 saturated carbocycles. The van der Waals surface area contributed by atoms with Crippen LogP contribution in [0.4, 0.5) is 10.1 Å². The quantitative estimate of drug-likeness (QED) is 0.831. The molecule has 0 bridgehead atoms. The normalized spacial score (nSPS) is 12.3. The second kappa shape index (κ2) is 4.89. The fourth-order valence-corrected chi connectivity index (χ4v) is 1.07. The summed E-state index contributed by atoms with van der Waals surface area (Å²) in [4.78, 5) is 11.4. The number of anilines is 1. The average Bonchev–Trinajstić information content (AvgIpc) is 2.22. The lowest BCUT2D eigenvalue weighted by Gasteiger charge is -2.10. The van der Waals surface area contributed by atoms with Gasteiger partial charge in [-0.1, -0.05) is 0 Å². The summed E-state index contributed by atoms with van der Waals surface area (Å²) in [6.07, 6.45) is -0.518. The van der Waals surface area contributed by atoms with Crippen molar-refractivity contribution in [3.63, 3.8) is 0 Å². The largest absolute Gasteiger partial charge is 0.372 e. The number of rotatable bonds is 3. The number of halogens is 1. The Bertz CT molecular complexity index is 366. The van der Waals surface area contributed by atoms with Crippen molar-refractivity contribution < 1.29 is 13.9 Å². The van der Waals surface area contributed by atoms with Crippen molar-refractivity contribution in [3.05, 3.63) is 29.6 Å². The topological polar surface area (TPSA) is 38.3 Å². The highest BCUT2D eigenvalue weighted by Crippen LogP contribution is 2.13. The first-order valence-corrected chi connectivity index (χ1v) is 4.64. The molecule has 0 aliphatic carbocycles. The van der Waals surface area contributed by atoms with E-state index >= 15 is 0 Å². The van der Waals surface area contributed by atoms with Gasteiger partial charge in [-0.2, -0.15) is 0 Å². The highest BCUT2D eigenvalue weighted by molar-refractivity contribution is 5.93. The number of amides is 1. The minimum absolute atomic E-state index is 0.247. The van der Waals surface area contributed by atoms with Crippen LogP contribution in [0.2, 0.25) is 0 Å². The van der Waals surface area contributed by atoms with Gasteiger partial charge in [-0.25, -0.2) is 4.39 Å². The summed E-state index contributed by atoms with van der Waals surface area (Å²) >= 11 is 0. The summed E-state index contributed by atoms with van der Waals surface area (Å²) in [6, 6.07) is 4.42. The molecule has 4 heteroatoms. The lowest BCUT2D eigenvalue weighted by Crippen LogP contribution is -2.26. The van der Waals surface area contributed by atoms with Crippen molar-refractivity contribution in [2.24, 2.45) is 0 Å². The Balaban J connectivity index is 2.73. The van der Waals surface area contributed by atoms with E-state index in [4.69, 9.17) is 4.74 Å². The van der Waals surface area contributed by atoms with Crippen LogP contribution in [0.1, 0.15) is 12.5 Å². The van der Waals surface area contributed by atoms with Gasteiger partial charge in [-0.05, 0) is 37.6 Å². The van der Waals surface area contributed by atoms with Gasteiger partial charge in [-0.15, -0.1) is 0 Å². The Labute approximate surface area is 88.2 Å². The molecule has 0 aliphatic rings. The van der Waals surface area contributed by atoms with Crippen LogP contribution in [0.25, 0.3) is 0 Å². The molecule has 0 aliphatic heterocycles. The average molecular weight is 211 g/mol. The number of hydrogen-bond acceptors (Lipinski definition) is 2. The van der Waals surface area contributed by atoms with Gasteiger partial charge in [0, 0.05) is 12.8 Å². The van der Waals surface area contributed by atoms with Gasteiger partial charge in [0.2, 0.25) is 0 Å². The molecule has 1 amide bonds. The summed E-state index contributed by atoms with van der Waals surface area (Å²) < 4.78 is 17.8. The first-order chi connectivity index (χ1) is 7.04. The molecule has 1 atom stereocenters. The van der Waals surface area contributed by atoms with E-state index in [-0.39, 0.29) is 11.7 Å². The third-order valence-corrected chi connectivity index (χ3v) is 2.15. The first kappa shape index (κ1) is 11.7. The Morgan fingerprint density at radius 2 is 2.20 bits per heavy atom. The molecule has 0 saturated heterocycles. The summed E-state index contributed by atoms with van der Waals surface area (Å²) in [7, 11) is 1.46. The van der Waals surface area contributed by atoms with Crippen molar-refractivity contribution in [3.8, 4) is 0 Å². The summed E-state index contributed by atoms with van der Waals surface area (Å²) in [5.74, 6) is -0.531. The zero-order valence-electron chi connectivity index (χ0n) is 9.00. The molecular weight excluding hydrogens is 197 g/mol. The standard InChI is InChI=1S/C11H14FNO2/c1-7-6-9(4-5-10(7)12)13-11(14)8(2)15-3/h4-6,8H,1-3H3,(H,13,14). The number of nitrogens with one attached hydrogen (secondary N) is 1. The van der Waals surface area contributed by atoms with Crippen LogP contribution < -0.4 is 5.32 Å². The van der Waals surface area contributed by atoms with Gasteiger partial charge in [0.15, 0.2) is 0 Å². The van der Waals surface area contributed by atoms with Gasteiger partial charge < -0.3 is 10.1 Å². The van der Waals surface area contributed by atoms with Crippen molar-refractivity contribution >= 4 is 11.6 Å². The van der Waals surface area contributed by atoms with E-state index < -0.39 is 6.10 Å². The lowest BCUT2D eigenvalue weighted by atomic mass is 10.2. The molecule has 0 radical (unpaired) electrons. The lowest BCUT2D eigenvalue weighted by molar-refractivity contribution is -0.124. The maximum atomic E-state index is 12.9. The minimum Gasteiger partial charge on any atom is -0.372 e. The molecular formula is C11H14FNO2. The van der Waals surface area contributed by atoms with Gasteiger partial charge >= 0.3 is 0 Å². The Morgan fingerprint density at radius 1 is 1.53 bits per heavy atom. The molecule has 82 valence electrons. The van der Waals surface area contributed by atoms with Gasteiger partial charge in [0.05, 0.1) is 0 Å². The van der Waals surface area contributed by atoms with E-state index in [2.05, 4.69) is 5.32 Å². The first-order valence-electron chi connectivity index (χ1n) is 4.64. The van der Waals surface area contributed by atoms with Gasteiger partial charge in [0.1, 0.15) is 11.9 Å². The highest BCUT2D eigenvalue weighted by atomic mass is 19.1. The van der Waals surface area contributed by atoms with Crippen molar-refractivity contribution in [1.29, 1.82) is 0 Å². The molecule has 1 unspecified atom stereocenters. The van der Waals surface area contributed by atoms with E-state index in [1.54, 1.807) is 19.9 Å².